The van der Waals surface area contributed by atoms with Gasteiger partial charge in [0, 0.05) is 16.5 Å². The topological polar surface area (TPSA) is 40.5 Å². The molecule has 2 nitrogen and oxygen atoms in total. The van der Waals surface area contributed by atoms with Gasteiger partial charge in [0.15, 0.2) is 0 Å². The fourth-order valence-electron chi connectivity index (χ4n) is 0.670. The Labute approximate surface area is 64.5 Å². The van der Waals surface area contributed by atoms with Gasteiger partial charge >= 0.3 is 0 Å². The van der Waals surface area contributed by atoms with Gasteiger partial charge in [0.1, 0.15) is 11.5 Å². The molecule has 0 aliphatic heterocycles. The van der Waals surface area contributed by atoms with E-state index in [4.69, 9.17) is 10.2 Å². The van der Waals surface area contributed by atoms with Gasteiger partial charge in [-0.15, -0.1) is 12.6 Å². The van der Waals surface area contributed by atoms with Crippen molar-refractivity contribution in [2.45, 2.75) is 11.8 Å². The fraction of sp³-hybridized carbons (Fsp3) is 0.143. The third kappa shape index (κ3) is 1.19. The number of phenols is 2. The Morgan fingerprint density at radius 1 is 1.30 bits per heavy atom. The normalized spacial score (nSPS) is 9.80. The molecule has 1 aromatic rings. The van der Waals surface area contributed by atoms with Gasteiger partial charge < -0.3 is 10.2 Å². The summed E-state index contributed by atoms with van der Waals surface area (Å²) < 4.78 is 0. The third-order valence-corrected chi connectivity index (χ3v) is 1.80. The number of hydrogen-bond donors (Lipinski definition) is 3. The van der Waals surface area contributed by atoms with Gasteiger partial charge in [0.25, 0.3) is 0 Å². The van der Waals surface area contributed by atoms with E-state index in [1.165, 1.54) is 12.1 Å². The Morgan fingerprint density at radius 3 is 2.40 bits per heavy atom. The minimum atomic E-state index is 0.0353. The number of aromatic hydroxyl groups is 2. The Balaban J connectivity index is 3.31. The van der Waals surface area contributed by atoms with Gasteiger partial charge in [-0.3, -0.25) is 0 Å². The molecule has 0 amide bonds. The van der Waals surface area contributed by atoms with Crippen molar-refractivity contribution in [1.82, 2.24) is 0 Å². The second kappa shape index (κ2) is 2.42. The van der Waals surface area contributed by atoms with E-state index in [1.54, 1.807) is 6.92 Å². The SMILES string of the molecule is Cc1c(O)cc(O)cc1S. The Morgan fingerprint density at radius 2 is 1.90 bits per heavy atom. The number of hydrogen-bond acceptors (Lipinski definition) is 3. The molecule has 3 heteroatoms. The van der Waals surface area contributed by atoms with Gasteiger partial charge in [-0.1, -0.05) is 0 Å². The average molecular weight is 156 g/mol. The fourth-order valence-corrected chi connectivity index (χ4v) is 0.916. The van der Waals surface area contributed by atoms with Crippen molar-refractivity contribution in [3.63, 3.8) is 0 Å². The van der Waals surface area contributed by atoms with Crippen LogP contribution in [0.25, 0.3) is 0 Å². The van der Waals surface area contributed by atoms with E-state index in [9.17, 15) is 0 Å². The van der Waals surface area contributed by atoms with Crippen LogP contribution in [0.1, 0.15) is 5.56 Å². The molecule has 0 fully saturated rings. The van der Waals surface area contributed by atoms with Crippen LogP contribution < -0.4 is 0 Å². The van der Waals surface area contributed by atoms with E-state index in [0.717, 1.165) is 0 Å². The molecule has 10 heavy (non-hydrogen) atoms. The first-order chi connectivity index (χ1) is 4.61. The highest BCUT2D eigenvalue weighted by molar-refractivity contribution is 7.80. The summed E-state index contributed by atoms with van der Waals surface area (Å²) in [5, 5.41) is 18.0. The molecule has 0 bridgehead atoms. The standard InChI is InChI=1S/C7H8O2S/c1-4-6(9)2-5(8)3-7(4)10/h2-3,8-10H,1H3. The van der Waals surface area contributed by atoms with Crippen molar-refractivity contribution in [3.05, 3.63) is 17.7 Å². The molecule has 0 aliphatic rings. The summed E-state index contributed by atoms with van der Waals surface area (Å²) in [4.78, 5) is 0.595. The predicted octanol–water partition coefficient (Wildman–Crippen LogP) is 1.69. The zero-order valence-corrected chi connectivity index (χ0v) is 6.39. The van der Waals surface area contributed by atoms with Crippen molar-refractivity contribution in [1.29, 1.82) is 0 Å². The summed E-state index contributed by atoms with van der Waals surface area (Å²) in [7, 11) is 0. The molecule has 0 atom stereocenters. The lowest BCUT2D eigenvalue weighted by molar-refractivity contribution is 0.445. The monoisotopic (exact) mass is 156 g/mol. The Hall–Kier alpha value is -0.830. The quantitative estimate of drug-likeness (QED) is 0.500. The van der Waals surface area contributed by atoms with Gasteiger partial charge in [0.2, 0.25) is 0 Å². The summed E-state index contributed by atoms with van der Waals surface area (Å²) in [5.41, 5.74) is 0.682. The number of phenolic OH excluding ortho intramolecular Hbond substituents is 2. The largest absolute Gasteiger partial charge is 0.508 e. The summed E-state index contributed by atoms with van der Waals surface area (Å²) in [6, 6.07) is 2.77. The first-order valence-corrected chi connectivity index (χ1v) is 3.27. The molecule has 0 unspecified atom stereocenters. The number of thiol groups is 1. The second-order valence-corrected chi connectivity index (χ2v) is 2.59. The molecule has 0 radical (unpaired) electrons. The highest BCUT2D eigenvalue weighted by atomic mass is 32.1. The first kappa shape index (κ1) is 7.28. The van der Waals surface area contributed by atoms with Crippen molar-refractivity contribution in [2.75, 3.05) is 0 Å². The smallest absolute Gasteiger partial charge is 0.123 e. The molecule has 54 valence electrons. The highest BCUT2D eigenvalue weighted by Crippen LogP contribution is 2.27. The lowest BCUT2D eigenvalue weighted by Crippen LogP contribution is -1.76. The van der Waals surface area contributed by atoms with E-state index >= 15 is 0 Å². The summed E-state index contributed by atoms with van der Waals surface area (Å²) >= 11 is 4.02. The second-order valence-electron chi connectivity index (χ2n) is 2.11. The van der Waals surface area contributed by atoms with E-state index in [1.807, 2.05) is 0 Å². The minimum Gasteiger partial charge on any atom is -0.508 e. The number of rotatable bonds is 0. The van der Waals surface area contributed by atoms with Gasteiger partial charge in [-0.2, -0.15) is 0 Å². The lowest BCUT2D eigenvalue weighted by atomic mass is 10.2. The third-order valence-electron chi connectivity index (χ3n) is 1.34. The van der Waals surface area contributed by atoms with Crippen LogP contribution in [0.5, 0.6) is 11.5 Å². The summed E-state index contributed by atoms with van der Waals surface area (Å²) in [6.45, 7) is 1.73. The summed E-state index contributed by atoms with van der Waals surface area (Å²) in [5.74, 6) is 0.109. The van der Waals surface area contributed by atoms with Crippen molar-refractivity contribution in [2.24, 2.45) is 0 Å². The zero-order valence-electron chi connectivity index (χ0n) is 5.50. The lowest BCUT2D eigenvalue weighted by Gasteiger charge is -2.01. The Kier molecular flexibility index (Phi) is 1.76. The van der Waals surface area contributed by atoms with Gasteiger partial charge in [-0.25, -0.2) is 0 Å². The Bertz CT molecular complexity index is 235. The minimum absolute atomic E-state index is 0.0353. The molecule has 0 saturated carbocycles. The molecular weight excluding hydrogens is 148 g/mol. The van der Waals surface area contributed by atoms with E-state index in [0.29, 0.717) is 10.5 Å². The van der Waals surface area contributed by atoms with E-state index in [2.05, 4.69) is 12.6 Å². The summed E-state index contributed by atoms with van der Waals surface area (Å²) in [6.07, 6.45) is 0. The number of benzene rings is 1. The van der Waals surface area contributed by atoms with Crippen LogP contribution >= 0.6 is 12.6 Å². The molecular formula is C7H8O2S. The van der Waals surface area contributed by atoms with Crippen LogP contribution in [-0.4, -0.2) is 10.2 Å². The van der Waals surface area contributed by atoms with Crippen molar-refractivity contribution < 1.29 is 10.2 Å². The molecule has 0 spiro atoms. The predicted molar refractivity (Wildman–Crippen MR) is 41.8 cm³/mol. The van der Waals surface area contributed by atoms with Crippen LogP contribution in [0, 0.1) is 6.92 Å². The maximum absolute atomic E-state index is 9.07. The average Bonchev–Trinajstić information content (AvgIpc) is 1.82. The van der Waals surface area contributed by atoms with Gasteiger partial charge in [-0.05, 0) is 13.0 Å². The molecule has 0 heterocycles. The first-order valence-electron chi connectivity index (χ1n) is 2.83. The van der Waals surface area contributed by atoms with Crippen LogP contribution in [0.4, 0.5) is 0 Å². The molecule has 0 saturated heterocycles. The van der Waals surface area contributed by atoms with Crippen LogP contribution in [0.2, 0.25) is 0 Å². The van der Waals surface area contributed by atoms with Crippen LogP contribution in [0.15, 0.2) is 17.0 Å². The molecule has 2 N–H and O–H groups in total. The highest BCUT2D eigenvalue weighted by Gasteiger charge is 2.01. The van der Waals surface area contributed by atoms with Crippen molar-refractivity contribution >= 4 is 12.6 Å². The van der Waals surface area contributed by atoms with Crippen molar-refractivity contribution in [3.8, 4) is 11.5 Å². The van der Waals surface area contributed by atoms with E-state index in [-0.39, 0.29) is 11.5 Å². The van der Waals surface area contributed by atoms with E-state index < -0.39 is 0 Å². The molecule has 1 rings (SSSR count). The molecule has 0 aliphatic carbocycles. The maximum atomic E-state index is 9.07. The maximum Gasteiger partial charge on any atom is 0.123 e. The molecule has 1 aromatic carbocycles. The molecule has 0 aromatic heterocycles. The van der Waals surface area contributed by atoms with Crippen LogP contribution in [0.3, 0.4) is 0 Å². The zero-order chi connectivity index (χ0) is 7.72. The van der Waals surface area contributed by atoms with Gasteiger partial charge in [0.05, 0.1) is 0 Å². The van der Waals surface area contributed by atoms with Crippen LogP contribution in [-0.2, 0) is 0 Å².